The molecule has 1 aromatic heterocycles. The van der Waals surface area contributed by atoms with Crippen molar-refractivity contribution >= 4 is 15.7 Å². The van der Waals surface area contributed by atoms with Crippen molar-refractivity contribution in [1.82, 2.24) is 19.6 Å². The summed E-state index contributed by atoms with van der Waals surface area (Å²) in [6, 6.07) is 1.79. The Balaban J connectivity index is 1.87. The Morgan fingerprint density at radius 2 is 1.90 bits per heavy atom. The van der Waals surface area contributed by atoms with Gasteiger partial charge >= 0.3 is 0 Å². The smallest absolute Gasteiger partial charge is 0.274 e. The summed E-state index contributed by atoms with van der Waals surface area (Å²) in [5.74, 6) is 0.113. The molecule has 0 aliphatic carbocycles. The average molecular weight is 314 g/mol. The van der Waals surface area contributed by atoms with Crippen LogP contribution in [0.25, 0.3) is 0 Å². The van der Waals surface area contributed by atoms with Crippen LogP contribution < -0.4 is 0 Å². The Morgan fingerprint density at radius 1 is 1.29 bits per heavy atom. The first-order chi connectivity index (χ1) is 9.76. The molecule has 0 unspecified atom stereocenters. The van der Waals surface area contributed by atoms with Crippen molar-refractivity contribution in [2.75, 3.05) is 44.7 Å². The largest absolute Gasteiger partial charge is 0.335 e. The van der Waals surface area contributed by atoms with Gasteiger partial charge in [-0.05, 0) is 13.0 Å². The molecular weight excluding hydrogens is 292 g/mol. The summed E-state index contributed by atoms with van der Waals surface area (Å²) in [6.45, 7) is 5.06. The van der Waals surface area contributed by atoms with Gasteiger partial charge in [0.05, 0.1) is 5.75 Å². The van der Waals surface area contributed by atoms with E-state index in [4.69, 9.17) is 0 Å². The molecule has 0 bridgehead atoms. The summed E-state index contributed by atoms with van der Waals surface area (Å²) in [6.07, 6.45) is 1.25. The lowest BCUT2D eigenvalue weighted by Crippen LogP contribution is -2.49. The van der Waals surface area contributed by atoms with Crippen molar-refractivity contribution in [3.63, 3.8) is 0 Å². The summed E-state index contributed by atoms with van der Waals surface area (Å²) < 4.78 is 24.0. The molecule has 1 saturated heterocycles. The van der Waals surface area contributed by atoms with Crippen LogP contribution in [0.3, 0.4) is 0 Å². The molecule has 0 atom stereocenters. The highest BCUT2D eigenvalue weighted by molar-refractivity contribution is 7.90. The van der Waals surface area contributed by atoms with Gasteiger partial charge in [0.2, 0.25) is 0 Å². The van der Waals surface area contributed by atoms with E-state index in [-0.39, 0.29) is 11.7 Å². The summed E-state index contributed by atoms with van der Waals surface area (Å²) in [4.78, 5) is 16.2. The fourth-order valence-corrected chi connectivity index (χ4v) is 2.89. The number of amides is 1. The van der Waals surface area contributed by atoms with Gasteiger partial charge in [0.15, 0.2) is 5.69 Å². The molecule has 0 N–H and O–H groups in total. The number of carbonyl (C=O) groups excluding carboxylic acids is 1. The van der Waals surface area contributed by atoms with Gasteiger partial charge in [0, 0.05) is 51.7 Å². The number of hydrogen-bond acceptors (Lipinski definition) is 5. The van der Waals surface area contributed by atoms with E-state index in [0.29, 0.717) is 38.4 Å². The number of nitrogens with zero attached hydrogens (tertiary/aromatic N) is 4. The number of aromatic nitrogens is 2. The van der Waals surface area contributed by atoms with Gasteiger partial charge in [0.25, 0.3) is 5.91 Å². The maximum Gasteiger partial charge on any atom is 0.274 e. The lowest BCUT2D eigenvalue weighted by atomic mass is 10.2. The van der Waals surface area contributed by atoms with Gasteiger partial charge in [-0.15, -0.1) is 0 Å². The highest BCUT2D eigenvalue weighted by Crippen LogP contribution is 2.09. The molecule has 118 valence electrons. The van der Waals surface area contributed by atoms with E-state index in [1.54, 1.807) is 15.6 Å². The predicted octanol–water partition coefficient (Wildman–Crippen LogP) is -0.469. The lowest BCUT2D eigenvalue weighted by molar-refractivity contribution is 0.0637. The van der Waals surface area contributed by atoms with Gasteiger partial charge in [-0.25, -0.2) is 8.42 Å². The first-order valence-electron chi connectivity index (χ1n) is 6.96. The van der Waals surface area contributed by atoms with Crippen LogP contribution in [0.2, 0.25) is 0 Å². The zero-order valence-corrected chi connectivity index (χ0v) is 13.6. The summed E-state index contributed by atoms with van der Waals surface area (Å²) in [5, 5.41) is 4.21. The first kappa shape index (κ1) is 16.0. The van der Waals surface area contributed by atoms with E-state index < -0.39 is 9.84 Å². The number of piperazine rings is 1. The highest BCUT2D eigenvalue weighted by Gasteiger charge is 2.24. The maximum absolute atomic E-state index is 12.3. The van der Waals surface area contributed by atoms with Crippen LogP contribution in [0.4, 0.5) is 0 Å². The van der Waals surface area contributed by atoms with E-state index in [1.807, 2.05) is 14.0 Å². The van der Waals surface area contributed by atoms with Crippen molar-refractivity contribution in [2.24, 2.45) is 7.05 Å². The first-order valence-corrected chi connectivity index (χ1v) is 9.02. The van der Waals surface area contributed by atoms with Gasteiger partial charge in [-0.3, -0.25) is 14.4 Å². The second-order valence-electron chi connectivity index (χ2n) is 5.56. The summed E-state index contributed by atoms with van der Waals surface area (Å²) in [7, 11) is -1.12. The Kier molecular flexibility index (Phi) is 4.67. The summed E-state index contributed by atoms with van der Waals surface area (Å²) >= 11 is 0. The fourth-order valence-electron chi connectivity index (χ4n) is 2.30. The Bertz CT molecular complexity index is 596. The second-order valence-corrected chi connectivity index (χ2v) is 7.82. The van der Waals surface area contributed by atoms with Crippen LogP contribution >= 0.6 is 0 Å². The van der Waals surface area contributed by atoms with Crippen LogP contribution in [0.15, 0.2) is 6.07 Å². The van der Waals surface area contributed by atoms with E-state index in [9.17, 15) is 13.2 Å². The van der Waals surface area contributed by atoms with Crippen LogP contribution in [-0.2, 0) is 16.9 Å². The van der Waals surface area contributed by atoms with Gasteiger partial charge in [-0.2, -0.15) is 5.10 Å². The van der Waals surface area contributed by atoms with Crippen molar-refractivity contribution < 1.29 is 13.2 Å². The van der Waals surface area contributed by atoms with Crippen LogP contribution in [0, 0.1) is 6.92 Å². The Morgan fingerprint density at radius 3 is 2.38 bits per heavy atom. The molecule has 2 rings (SSSR count). The quantitative estimate of drug-likeness (QED) is 0.751. The zero-order chi connectivity index (χ0) is 15.6. The van der Waals surface area contributed by atoms with Crippen LogP contribution in [0.5, 0.6) is 0 Å². The predicted molar refractivity (Wildman–Crippen MR) is 80.0 cm³/mol. The second kappa shape index (κ2) is 6.15. The number of hydrogen-bond donors (Lipinski definition) is 0. The molecule has 1 aliphatic rings. The topological polar surface area (TPSA) is 75.5 Å². The third-order valence-electron chi connectivity index (χ3n) is 3.77. The number of rotatable bonds is 4. The van der Waals surface area contributed by atoms with Gasteiger partial charge in [-0.1, -0.05) is 0 Å². The average Bonchev–Trinajstić information content (AvgIpc) is 2.75. The Hall–Kier alpha value is -1.41. The van der Waals surface area contributed by atoms with E-state index in [0.717, 1.165) is 5.69 Å². The third-order valence-corrected chi connectivity index (χ3v) is 4.69. The van der Waals surface area contributed by atoms with E-state index >= 15 is 0 Å². The maximum atomic E-state index is 12.3. The molecule has 1 aliphatic heterocycles. The molecular formula is C13H22N4O3S. The van der Waals surface area contributed by atoms with Crippen molar-refractivity contribution in [2.45, 2.75) is 6.92 Å². The molecule has 0 spiro atoms. The van der Waals surface area contributed by atoms with E-state index in [1.165, 1.54) is 6.26 Å². The van der Waals surface area contributed by atoms with Crippen molar-refractivity contribution in [3.05, 3.63) is 17.5 Å². The monoisotopic (exact) mass is 314 g/mol. The third kappa shape index (κ3) is 4.28. The minimum absolute atomic E-state index is 0.0542. The molecule has 1 amide bonds. The molecule has 7 nitrogen and oxygen atoms in total. The van der Waals surface area contributed by atoms with Crippen molar-refractivity contribution in [1.29, 1.82) is 0 Å². The molecule has 0 radical (unpaired) electrons. The fraction of sp³-hybridized carbons (Fsp3) is 0.692. The standard InChI is InChI=1S/C13H22N4O3S/c1-11-10-12(14-15(11)2)13(18)17-6-4-16(5-7-17)8-9-21(3,19)20/h10H,4-9H2,1-3H3. The molecule has 1 aromatic rings. The number of sulfone groups is 1. The SMILES string of the molecule is Cc1cc(C(=O)N2CCN(CCS(C)(=O)=O)CC2)nn1C. The molecule has 0 aromatic carbocycles. The number of aryl methyl sites for hydroxylation is 2. The molecule has 8 heteroatoms. The van der Waals surface area contributed by atoms with Crippen molar-refractivity contribution in [3.8, 4) is 0 Å². The minimum atomic E-state index is -2.93. The highest BCUT2D eigenvalue weighted by atomic mass is 32.2. The number of carbonyl (C=O) groups is 1. The molecule has 21 heavy (non-hydrogen) atoms. The zero-order valence-electron chi connectivity index (χ0n) is 12.7. The lowest BCUT2D eigenvalue weighted by Gasteiger charge is -2.34. The van der Waals surface area contributed by atoms with Gasteiger partial charge in [0.1, 0.15) is 9.84 Å². The van der Waals surface area contributed by atoms with E-state index in [2.05, 4.69) is 10.00 Å². The van der Waals surface area contributed by atoms with Crippen LogP contribution in [-0.4, -0.2) is 78.6 Å². The normalized spacial score (nSPS) is 17.2. The summed E-state index contributed by atoms with van der Waals surface area (Å²) in [5.41, 5.74) is 1.42. The molecule has 1 fully saturated rings. The van der Waals surface area contributed by atoms with Gasteiger partial charge < -0.3 is 4.90 Å². The molecule has 0 saturated carbocycles. The minimum Gasteiger partial charge on any atom is -0.335 e. The molecule has 2 heterocycles. The van der Waals surface area contributed by atoms with Crippen LogP contribution in [0.1, 0.15) is 16.2 Å². The Labute approximate surface area is 125 Å².